The maximum absolute atomic E-state index is 13.1. The highest BCUT2D eigenvalue weighted by atomic mass is 16.3. The number of aliphatic hydroxyl groups is 1. The van der Waals surface area contributed by atoms with Crippen LogP contribution in [0.15, 0.2) is 60.6 Å². The number of carbonyl (C=O) groups excluding carboxylic acids is 2. The van der Waals surface area contributed by atoms with Crippen molar-refractivity contribution in [2.45, 2.75) is 12.5 Å². The van der Waals surface area contributed by atoms with Crippen molar-refractivity contribution in [2.75, 3.05) is 27.2 Å². The zero-order valence-electron chi connectivity index (χ0n) is 17.9. The summed E-state index contributed by atoms with van der Waals surface area (Å²) in [7, 11) is 5.82. The summed E-state index contributed by atoms with van der Waals surface area (Å²) in [5, 5.41) is 12.2. The van der Waals surface area contributed by atoms with Crippen LogP contribution in [0.5, 0.6) is 0 Å². The van der Waals surface area contributed by atoms with Gasteiger partial charge in [-0.2, -0.15) is 0 Å². The second kappa shape index (κ2) is 8.35. The average molecular weight is 418 g/mol. The molecule has 3 aromatic rings. The Morgan fingerprint density at radius 1 is 1.13 bits per heavy atom. The van der Waals surface area contributed by atoms with Crippen LogP contribution in [0.4, 0.5) is 0 Å². The minimum Gasteiger partial charge on any atom is -0.507 e. The number of rotatable bonds is 6. The lowest BCUT2D eigenvalue weighted by molar-refractivity contribution is -0.139. The fraction of sp³-hybridized carbons (Fsp3) is 0.292. The standard InChI is InChI=1S/C24H26N4O3/c1-26(2)13-6-14-28-21(16-9-11-25-12-10-16)20(23(30)24(28)31)22(29)18-15-27(3)19-8-5-4-7-17(18)19/h4-5,7-12,15,21,29H,6,13-14H2,1-3H3/t21-/m1/s1. The van der Waals surface area contributed by atoms with E-state index in [1.54, 1.807) is 35.6 Å². The van der Waals surface area contributed by atoms with Crippen molar-refractivity contribution in [3.63, 3.8) is 0 Å². The normalized spacial score (nSPS) is 18.5. The van der Waals surface area contributed by atoms with E-state index in [9.17, 15) is 14.7 Å². The Morgan fingerprint density at radius 2 is 1.84 bits per heavy atom. The van der Waals surface area contributed by atoms with Crippen LogP contribution in [-0.2, 0) is 16.6 Å². The van der Waals surface area contributed by atoms with Gasteiger partial charge in [0.15, 0.2) is 0 Å². The van der Waals surface area contributed by atoms with Gasteiger partial charge in [0.25, 0.3) is 11.7 Å². The van der Waals surface area contributed by atoms with Crippen LogP contribution in [0.25, 0.3) is 16.7 Å². The van der Waals surface area contributed by atoms with Crippen LogP contribution in [0.3, 0.4) is 0 Å². The molecule has 0 saturated carbocycles. The van der Waals surface area contributed by atoms with Crippen molar-refractivity contribution in [1.29, 1.82) is 0 Å². The number of Topliss-reactive ketones (excluding diaryl/α,β-unsaturated/α-hetero) is 1. The summed E-state index contributed by atoms with van der Waals surface area (Å²) in [6.45, 7) is 1.21. The van der Waals surface area contributed by atoms with E-state index in [1.165, 1.54) is 0 Å². The van der Waals surface area contributed by atoms with Crippen LogP contribution in [0.2, 0.25) is 0 Å². The van der Waals surface area contributed by atoms with Gasteiger partial charge in [-0.25, -0.2) is 0 Å². The molecule has 4 rings (SSSR count). The molecule has 160 valence electrons. The van der Waals surface area contributed by atoms with Crippen molar-refractivity contribution in [2.24, 2.45) is 7.05 Å². The predicted molar refractivity (Wildman–Crippen MR) is 119 cm³/mol. The van der Waals surface area contributed by atoms with Gasteiger partial charge >= 0.3 is 0 Å². The first-order valence-electron chi connectivity index (χ1n) is 10.3. The summed E-state index contributed by atoms with van der Waals surface area (Å²) in [6.07, 6.45) is 5.78. The lowest BCUT2D eigenvalue weighted by Gasteiger charge is -2.25. The van der Waals surface area contributed by atoms with Gasteiger partial charge in [0, 0.05) is 48.6 Å². The lowest BCUT2D eigenvalue weighted by atomic mass is 9.96. The number of fused-ring (bicyclic) bond motifs is 1. The van der Waals surface area contributed by atoms with Crippen LogP contribution in [0.1, 0.15) is 23.6 Å². The van der Waals surface area contributed by atoms with Gasteiger partial charge in [-0.3, -0.25) is 14.6 Å². The van der Waals surface area contributed by atoms with E-state index >= 15 is 0 Å². The third kappa shape index (κ3) is 3.72. The molecule has 0 radical (unpaired) electrons. The predicted octanol–water partition coefficient (Wildman–Crippen LogP) is 2.95. The largest absolute Gasteiger partial charge is 0.507 e. The van der Waals surface area contributed by atoms with Crippen LogP contribution in [0, 0.1) is 0 Å². The maximum atomic E-state index is 13.1. The quantitative estimate of drug-likeness (QED) is 0.378. The maximum Gasteiger partial charge on any atom is 0.295 e. The molecule has 7 heteroatoms. The number of aryl methyl sites for hydroxylation is 1. The Morgan fingerprint density at radius 3 is 2.55 bits per heavy atom. The molecule has 2 aromatic heterocycles. The molecule has 1 fully saturated rings. The molecular weight excluding hydrogens is 392 g/mol. The first-order chi connectivity index (χ1) is 14.9. The van der Waals surface area contributed by atoms with Gasteiger partial charge in [-0.05, 0) is 50.8 Å². The molecule has 1 aromatic carbocycles. The van der Waals surface area contributed by atoms with Crippen molar-refractivity contribution < 1.29 is 14.7 Å². The number of nitrogens with zero attached hydrogens (tertiary/aromatic N) is 4. The Kier molecular flexibility index (Phi) is 5.61. The Hall–Kier alpha value is -3.45. The molecular formula is C24H26N4O3. The molecule has 0 bridgehead atoms. The second-order valence-corrected chi connectivity index (χ2v) is 8.10. The Balaban J connectivity index is 1.85. The number of carbonyl (C=O) groups is 2. The van der Waals surface area contributed by atoms with Gasteiger partial charge in [-0.1, -0.05) is 18.2 Å². The second-order valence-electron chi connectivity index (χ2n) is 8.10. The SMILES string of the molecule is CN(C)CCCN1C(=O)C(=O)C(=C(O)c2cn(C)c3ccccc23)[C@H]1c1ccncc1. The molecule has 3 heterocycles. The molecule has 1 aliphatic rings. The summed E-state index contributed by atoms with van der Waals surface area (Å²) in [5.41, 5.74) is 2.35. The van der Waals surface area contributed by atoms with E-state index in [2.05, 4.69) is 4.98 Å². The van der Waals surface area contributed by atoms with Crippen LogP contribution in [-0.4, -0.2) is 63.3 Å². The molecule has 0 unspecified atom stereocenters. The smallest absolute Gasteiger partial charge is 0.295 e. The highest BCUT2D eigenvalue weighted by Crippen LogP contribution is 2.40. The van der Waals surface area contributed by atoms with Gasteiger partial charge < -0.3 is 19.5 Å². The monoisotopic (exact) mass is 418 g/mol. The average Bonchev–Trinajstić information content (AvgIpc) is 3.23. The number of hydrogen-bond donors (Lipinski definition) is 1. The van der Waals surface area contributed by atoms with Gasteiger partial charge in [-0.15, -0.1) is 0 Å². The highest BCUT2D eigenvalue weighted by molar-refractivity contribution is 6.46. The fourth-order valence-corrected chi connectivity index (χ4v) is 4.24. The Labute approximate surface area is 181 Å². The van der Waals surface area contributed by atoms with E-state index in [1.807, 2.05) is 54.9 Å². The van der Waals surface area contributed by atoms with E-state index < -0.39 is 17.7 Å². The first-order valence-corrected chi connectivity index (χ1v) is 10.3. The number of amides is 1. The molecule has 1 amide bonds. The number of aliphatic hydroxyl groups excluding tert-OH is 1. The Bertz CT molecular complexity index is 1160. The van der Waals surface area contributed by atoms with Crippen molar-refractivity contribution in [3.8, 4) is 0 Å². The topological polar surface area (TPSA) is 78.7 Å². The first kappa shape index (κ1) is 20.8. The summed E-state index contributed by atoms with van der Waals surface area (Å²) in [6, 6.07) is 10.6. The third-order valence-corrected chi connectivity index (χ3v) is 5.72. The number of likely N-dealkylation sites (tertiary alicyclic amines) is 1. The van der Waals surface area contributed by atoms with Crippen LogP contribution >= 0.6 is 0 Å². The number of aromatic nitrogens is 2. The molecule has 0 aliphatic carbocycles. The van der Waals surface area contributed by atoms with Crippen molar-refractivity contribution in [3.05, 3.63) is 71.7 Å². The molecule has 0 spiro atoms. The molecule has 31 heavy (non-hydrogen) atoms. The molecule has 1 aliphatic heterocycles. The lowest BCUT2D eigenvalue weighted by Crippen LogP contribution is -2.32. The number of ketones is 1. The van der Waals surface area contributed by atoms with Crippen molar-refractivity contribution >= 4 is 28.4 Å². The molecule has 1 saturated heterocycles. The summed E-state index contributed by atoms with van der Waals surface area (Å²) < 4.78 is 1.90. The van der Waals surface area contributed by atoms with Gasteiger partial charge in [0.05, 0.1) is 11.6 Å². The van der Waals surface area contributed by atoms with Crippen LogP contribution < -0.4 is 0 Å². The summed E-state index contributed by atoms with van der Waals surface area (Å²) in [5.74, 6) is -1.38. The number of para-hydroxylation sites is 1. The number of hydrogen-bond acceptors (Lipinski definition) is 5. The molecule has 7 nitrogen and oxygen atoms in total. The minimum atomic E-state index is -0.655. The summed E-state index contributed by atoms with van der Waals surface area (Å²) in [4.78, 5) is 33.8. The van der Waals surface area contributed by atoms with E-state index in [0.29, 0.717) is 12.1 Å². The van der Waals surface area contributed by atoms with E-state index in [4.69, 9.17) is 0 Å². The third-order valence-electron chi connectivity index (χ3n) is 5.72. The zero-order valence-corrected chi connectivity index (χ0v) is 17.9. The minimum absolute atomic E-state index is 0.123. The molecule has 1 N–H and O–H groups in total. The number of benzene rings is 1. The zero-order chi connectivity index (χ0) is 22.1. The molecule has 1 atom stereocenters. The fourth-order valence-electron chi connectivity index (χ4n) is 4.24. The van der Waals surface area contributed by atoms with E-state index in [0.717, 1.165) is 29.4 Å². The van der Waals surface area contributed by atoms with E-state index in [-0.39, 0.29) is 11.3 Å². The van der Waals surface area contributed by atoms with Gasteiger partial charge in [0.1, 0.15) is 5.76 Å². The van der Waals surface area contributed by atoms with Crippen molar-refractivity contribution in [1.82, 2.24) is 19.4 Å². The van der Waals surface area contributed by atoms with Gasteiger partial charge in [0.2, 0.25) is 0 Å². The number of pyridine rings is 1. The highest BCUT2D eigenvalue weighted by Gasteiger charge is 2.46. The summed E-state index contributed by atoms with van der Waals surface area (Å²) >= 11 is 0.